The Morgan fingerprint density at radius 1 is 1.33 bits per heavy atom. The maximum Gasteiger partial charge on any atom is 0.307 e. The molecule has 2 atom stereocenters. The van der Waals surface area contributed by atoms with Crippen molar-refractivity contribution in [3.05, 3.63) is 35.4 Å². The summed E-state index contributed by atoms with van der Waals surface area (Å²) < 4.78 is 0. The summed E-state index contributed by atoms with van der Waals surface area (Å²) in [5.74, 6) is -0.160. The molecular formula is C17H25NO3. The number of benzene rings is 1. The van der Waals surface area contributed by atoms with E-state index in [0.717, 1.165) is 30.4 Å². The van der Waals surface area contributed by atoms with Gasteiger partial charge >= 0.3 is 5.97 Å². The average molecular weight is 291 g/mol. The van der Waals surface area contributed by atoms with E-state index in [1.54, 1.807) is 0 Å². The van der Waals surface area contributed by atoms with E-state index in [1.807, 2.05) is 24.3 Å². The van der Waals surface area contributed by atoms with Gasteiger partial charge in [0.1, 0.15) is 0 Å². The summed E-state index contributed by atoms with van der Waals surface area (Å²) in [6, 6.07) is 7.64. The van der Waals surface area contributed by atoms with Crippen LogP contribution < -0.4 is 5.32 Å². The van der Waals surface area contributed by atoms with Crippen LogP contribution in [0.25, 0.3) is 0 Å². The topological polar surface area (TPSA) is 69.6 Å². The molecule has 1 aliphatic rings. The third kappa shape index (κ3) is 4.55. The van der Waals surface area contributed by atoms with Crippen molar-refractivity contribution in [3.63, 3.8) is 0 Å². The molecule has 116 valence electrons. The van der Waals surface area contributed by atoms with Gasteiger partial charge in [-0.25, -0.2) is 0 Å². The van der Waals surface area contributed by atoms with E-state index in [2.05, 4.69) is 12.2 Å². The van der Waals surface area contributed by atoms with Gasteiger partial charge in [0.2, 0.25) is 0 Å². The maximum atomic E-state index is 10.7. The summed E-state index contributed by atoms with van der Waals surface area (Å²) in [4.78, 5) is 10.7. The van der Waals surface area contributed by atoms with Gasteiger partial charge < -0.3 is 15.5 Å². The molecule has 1 aromatic carbocycles. The van der Waals surface area contributed by atoms with Gasteiger partial charge in [0.25, 0.3) is 0 Å². The molecule has 4 heteroatoms. The van der Waals surface area contributed by atoms with Crippen molar-refractivity contribution >= 4 is 5.97 Å². The lowest BCUT2D eigenvalue weighted by Gasteiger charge is -2.39. The number of aliphatic hydroxyl groups excluding tert-OH is 1. The van der Waals surface area contributed by atoms with Crippen LogP contribution in [0.15, 0.2) is 24.3 Å². The minimum atomic E-state index is -0.809. The van der Waals surface area contributed by atoms with Crippen LogP contribution in [0.1, 0.15) is 43.7 Å². The highest BCUT2D eigenvalue weighted by molar-refractivity contribution is 5.70. The van der Waals surface area contributed by atoms with Crippen LogP contribution >= 0.6 is 0 Å². The van der Waals surface area contributed by atoms with Crippen LogP contribution in [0.5, 0.6) is 0 Å². The third-order valence-corrected chi connectivity index (χ3v) is 4.44. The van der Waals surface area contributed by atoms with Crippen molar-refractivity contribution < 1.29 is 15.0 Å². The Bertz CT molecular complexity index is 471. The number of hydrogen-bond donors (Lipinski definition) is 3. The molecule has 0 aliphatic heterocycles. The minimum Gasteiger partial charge on any atom is -0.481 e. The lowest BCUT2D eigenvalue weighted by molar-refractivity contribution is -0.136. The Morgan fingerprint density at radius 3 is 2.57 bits per heavy atom. The Balaban J connectivity index is 1.93. The predicted molar refractivity (Wildman–Crippen MR) is 82.1 cm³/mol. The number of carboxylic acids is 1. The van der Waals surface area contributed by atoms with Gasteiger partial charge in [0, 0.05) is 12.1 Å². The smallest absolute Gasteiger partial charge is 0.307 e. The maximum absolute atomic E-state index is 10.7. The molecule has 4 nitrogen and oxygen atoms in total. The molecule has 0 heterocycles. The number of rotatable bonds is 6. The van der Waals surface area contributed by atoms with E-state index in [1.165, 1.54) is 6.42 Å². The van der Waals surface area contributed by atoms with Gasteiger partial charge in [-0.15, -0.1) is 0 Å². The van der Waals surface area contributed by atoms with Crippen LogP contribution in [0, 0.1) is 5.92 Å². The van der Waals surface area contributed by atoms with E-state index < -0.39 is 5.97 Å². The lowest BCUT2D eigenvalue weighted by Crippen LogP contribution is -2.51. The van der Waals surface area contributed by atoms with Gasteiger partial charge in [0.05, 0.1) is 13.0 Å². The van der Waals surface area contributed by atoms with Crippen molar-refractivity contribution in [2.45, 2.75) is 51.1 Å². The lowest BCUT2D eigenvalue weighted by atomic mass is 9.77. The quantitative estimate of drug-likeness (QED) is 0.752. The van der Waals surface area contributed by atoms with Gasteiger partial charge in [-0.3, -0.25) is 4.79 Å². The summed E-state index contributed by atoms with van der Waals surface area (Å²) in [5, 5.41) is 22.0. The Labute approximate surface area is 126 Å². The summed E-state index contributed by atoms with van der Waals surface area (Å²) in [5.41, 5.74) is 1.78. The fourth-order valence-corrected chi connectivity index (χ4v) is 3.26. The van der Waals surface area contributed by atoms with Crippen LogP contribution in [0.2, 0.25) is 0 Å². The van der Waals surface area contributed by atoms with Crippen LogP contribution in [-0.2, 0) is 17.8 Å². The van der Waals surface area contributed by atoms with Crippen LogP contribution in [-0.4, -0.2) is 28.3 Å². The van der Waals surface area contributed by atoms with Crippen molar-refractivity contribution in [2.75, 3.05) is 6.61 Å². The second-order valence-electron chi connectivity index (χ2n) is 6.38. The van der Waals surface area contributed by atoms with Crippen molar-refractivity contribution in [1.29, 1.82) is 0 Å². The molecule has 0 amide bonds. The Kier molecular flexibility index (Phi) is 5.37. The normalized spacial score (nSPS) is 25.7. The van der Waals surface area contributed by atoms with Gasteiger partial charge in [-0.2, -0.15) is 0 Å². The number of aliphatic carboxylic acids is 1. The number of carboxylic acid groups (broad SMARTS) is 1. The molecular weight excluding hydrogens is 266 g/mol. The van der Waals surface area contributed by atoms with E-state index >= 15 is 0 Å². The largest absolute Gasteiger partial charge is 0.481 e. The highest BCUT2D eigenvalue weighted by Gasteiger charge is 2.33. The second kappa shape index (κ2) is 7.05. The first-order valence-corrected chi connectivity index (χ1v) is 7.68. The molecule has 0 aromatic heterocycles. The second-order valence-corrected chi connectivity index (χ2v) is 6.38. The summed E-state index contributed by atoms with van der Waals surface area (Å²) >= 11 is 0. The third-order valence-electron chi connectivity index (χ3n) is 4.44. The molecule has 0 bridgehead atoms. The van der Waals surface area contributed by atoms with Crippen molar-refractivity contribution in [3.8, 4) is 0 Å². The number of nitrogens with one attached hydrogen (secondary N) is 1. The number of aliphatic hydroxyl groups is 1. The molecule has 0 saturated heterocycles. The van der Waals surface area contributed by atoms with Crippen molar-refractivity contribution in [2.24, 2.45) is 5.92 Å². The first kappa shape index (κ1) is 16.0. The fraction of sp³-hybridized carbons (Fsp3) is 0.588. The van der Waals surface area contributed by atoms with E-state index in [-0.39, 0.29) is 18.6 Å². The summed E-state index contributed by atoms with van der Waals surface area (Å²) in [6.45, 7) is 3.13. The van der Waals surface area contributed by atoms with Crippen LogP contribution in [0.3, 0.4) is 0 Å². The first-order chi connectivity index (χ1) is 10.0. The zero-order valence-electron chi connectivity index (χ0n) is 12.6. The molecule has 1 fully saturated rings. The minimum absolute atomic E-state index is 0.0613. The standard InChI is InChI=1S/C17H25NO3/c1-13-3-2-8-17(10-13,12-19)18-11-15-6-4-14(5-7-15)9-16(20)21/h4-7,13,18-19H,2-3,8-12H2,1H3,(H,20,21). The molecule has 21 heavy (non-hydrogen) atoms. The molecule has 2 rings (SSSR count). The molecule has 1 aliphatic carbocycles. The zero-order chi connectivity index (χ0) is 15.3. The average Bonchev–Trinajstić information content (AvgIpc) is 2.46. The Hall–Kier alpha value is -1.39. The summed E-state index contributed by atoms with van der Waals surface area (Å²) in [7, 11) is 0. The highest BCUT2D eigenvalue weighted by Crippen LogP contribution is 2.32. The van der Waals surface area contributed by atoms with Gasteiger partial charge in [-0.05, 0) is 29.9 Å². The Morgan fingerprint density at radius 2 is 2.00 bits per heavy atom. The van der Waals surface area contributed by atoms with Crippen molar-refractivity contribution in [1.82, 2.24) is 5.32 Å². The van der Waals surface area contributed by atoms with Crippen LogP contribution in [0.4, 0.5) is 0 Å². The molecule has 2 unspecified atom stereocenters. The predicted octanol–water partition coefficient (Wildman–Crippen LogP) is 2.34. The SMILES string of the molecule is CC1CCCC(CO)(NCc2ccc(CC(=O)O)cc2)C1. The number of hydrogen-bond acceptors (Lipinski definition) is 3. The summed E-state index contributed by atoms with van der Waals surface area (Å²) in [6.07, 6.45) is 4.50. The van der Waals surface area contributed by atoms with E-state index in [9.17, 15) is 9.90 Å². The van der Waals surface area contributed by atoms with E-state index in [0.29, 0.717) is 12.5 Å². The first-order valence-electron chi connectivity index (χ1n) is 7.68. The van der Waals surface area contributed by atoms with E-state index in [4.69, 9.17) is 5.11 Å². The molecule has 3 N–H and O–H groups in total. The number of carbonyl (C=O) groups is 1. The van der Waals surface area contributed by atoms with Gasteiger partial charge in [0.15, 0.2) is 0 Å². The molecule has 0 spiro atoms. The monoisotopic (exact) mass is 291 g/mol. The molecule has 0 radical (unpaired) electrons. The molecule has 1 saturated carbocycles. The molecule has 1 aromatic rings. The fourth-order valence-electron chi connectivity index (χ4n) is 3.26. The highest BCUT2D eigenvalue weighted by atomic mass is 16.4. The zero-order valence-corrected chi connectivity index (χ0v) is 12.6. The van der Waals surface area contributed by atoms with Gasteiger partial charge in [-0.1, -0.05) is 44.0 Å².